The molecule has 4 rings (SSSR count). The third-order valence-corrected chi connectivity index (χ3v) is 7.50. The molecule has 1 aliphatic carbocycles. The predicted octanol–water partition coefficient (Wildman–Crippen LogP) is 4.41. The minimum Gasteiger partial charge on any atom is -0.493 e. The molecule has 0 unspecified atom stereocenters. The summed E-state index contributed by atoms with van der Waals surface area (Å²) in [6.07, 6.45) is 1.46. The van der Waals surface area contributed by atoms with E-state index in [2.05, 4.69) is 4.98 Å². The van der Waals surface area contributed by atoms with Crippen LogP contribution in [0.25, 0.3) is 0 Å². The molecule has 5 atom stereocenters. The van der Waals surface area contributed by atoms with Crippen LogP contribution >= 0.6 is 22.9 Å². The summed E-state index contributed by atoms with van der Waals surface area (Å²) in [4.78, 5) is 15.2. The highest BCUT2D eigenvalue weighted by molar-refractivity contribution is 7.09. The third kappa shape index (κ3) is 4.14. The zero-order valence-electron chi connectivity index (χ0n) is 16.3. The fourth-order valence-corrected chi connectivity index (χ4v) is 5.43. The average molecular weight is 438 g/mol. The number of carbonyl (C=O) groups is 1. The molecule has 2 aliphatic rings. The van der Waals surface area contributed by atoms with Crippen molar-refractivity contribution in [3.05, 3.63) is 44.4 Å². The molecule has 29 heavy (non-hydrogen) atoms. The topological polar surface area (TPSA) is 88.9 Å². The predicted molar refractivity (Wildman–Crippen MR) is 110 cm³/mol. The van der Waals surface area contributed by atoms with Crippen LogP contribution in [0.5, 0.6) is 5.75 Å². The summed E-state index contributed by atoms with van der Waals surface area (Å²) in [7, 11) is 0. The molecule has 0 bridgehead atoms. The number of carboxylic acid groups (broad SMARTS) is 1. The molecule has 2 heterocycles. The van der Waals surface area contributed by atoms with Crippen LogP contribution in [0.3, 0.4) is 0 Å². The van der Waals surface area contributed by atoms with Crippen molar-refractivity contribution < 1.29 is 24.5 Å². The molecule has 0 amide bonds. The molecule has 2 fully saturated rings. The Hall–Kier alpha value is -1.67. The number of aromatic carboxylic acids is 1. The zero-order valence-corrected chi connectivity index (χ0v) is 17.9. The lowest BCUT2D eigenvalue weighted by molar-refractivity contribution is -0.0811. The Balaban J connectivity index is 1.40. The first-order valence-electron chi connectivity index (χ1n) is 9.75. The molecule has 0 spiro atoms. The van der Waals surface area contributed by atoms with E-state index < -0.39 is 12.1 Å². The maximum absolute atomic E-state index is 11.1. The number of nitrogens with zero attached hydrogens (tertiary/aromatic N) is 1. The van der Waals surface area contributed by atoms with Gasteiger partial charge in [-0.1, -0.05) is 11.6 Å². The fourth-order valence-electron chi connectivity index (χ4n) is 4.46. The van der Waals surface area contributed by atoms with Gasteiger partial charge in [-0.2, -0.15) is 0 Å². The van der Waals surface area contributed by atoms with Gasteiger partial charge in [0.2, 0.25) is 0 Å². The van der Waals surface area contributed by atoms with Crippen molar-refractivity contribution in [1.29, 1.82) is 0 Å². The summed E-state index contributed by atoms with van der Waals surface area (Å²) in [6.45, 7) is 4.33. The Labute approximate surface area is 178 Å². The molecule has 1 saturated heterocycles. The molecule has 1 aromatic heterocycles. The number of hydrogen-bond acceptors (Lipinski definition) is 6. The number of thiazole rings is 1. The van der Waals surface area contributed by atoms with Crippen molar-refractivity contribution in [3.63, 3.8) is 0 Å². The summed E-state index contributed by atoms with van der Waals surface area (Å²) < 4.78 is 12.2. The number of aryl methyl sites for hydroxylation is 2. The number of benzene rings is 1. The van der Waals surface area contributed by atoms with E-state index in [4.69, 9.17) is 26.2 Å². The summed E-state index contributed by atoms with van der Waals surface area (Å²) in [5.74, 6) is -0.0428. The standard InChI is InChI=1S/C21H24ClNO5S/c1-10-5-12(6-11(2)19(10)22)27-8-14-13-3-4-17(28-18(13)7-16(14)24)20-23-15(9-29-20)21(25)26/h5-6,9,13-14,16-18,24H,3-4,7-8H2,1-2H3,(H,25,26)/t13-,14-,16-,17-,18+/m1/s1. The fraction of sp³-hybridized carbons (Fsp3) is 0.524. The number of aromatic nitrogens is 1. The second kappa shape index (κ2) is 8.22. The van der Waals surface area contributed by atoms with Crippen LogP contribution in [0.15, 0.2) is 17.5 Å². The normalized spacial score (nSPS) is 28.9. The summed E-state index contributed by atoms with van der Waals surface area (Å²) >= 11 is 7.54. The second-order valence-electron chi connectivity index (χ2n) is 7.93. The maximum Gasteiger partial charge on any atom is 0.355 e. The quantitative estimate of drug-likeness (QED) is 0.720. The van der Waals surface area contributed by atoms with E-state index in [1.54, 1.807) is 5.38 Å². The molecule has 156 valence electrons. The van der Waals surface area contributed by atoms with Crippen molar-refractivity contribution >= 4 is 28.9 Å². The van der Waals surface area contributed by atoms with Crippen LogP contribution < -0.4 is 4.74 Å². The van der Waals surface area contributed by atoms with Gasteiger partial charge in [0.15, 0.2) is 5.69 Å². The van der Waals surface area contributed by atoms with Crippen LogP contribution in [-0.2, 0) is 4.74 Å². The molecule has 8 heteroatoms. The van der Waals surface area contributed by atoms with Gasteiger partial charge in [0.1, 0.15) is 16.9 Å². The number of aliphatic hydroxyl groups excluding tert-OH is 1. The average Bonchev–Trinajstić information content (AvgIpc) is 3.28. The van der Waals surface area contributed by atoms with Gasteiger partial charge in [0.25, 0.3) is 0 Å². The lowest BCUT2D eigenvalue weighted by Gasteiger charge is -2.33. The molecule has 1 aliphatic heterocycles. The van der Waals surface area contributed by atoms with Crippen LogP contribution in [0.2, 0.25) is 5.02 Å². The molecule has 2 aromatic rings. The Morgan fingerprint density at radius 1 is 1.34 bits per heavy atom. The van der Waals surface area contributed by atoms with Gasteiger partial charge in [0.05, 0.1) is 18.8 Å². The first kappa shape index (κ1) is 20.6. The third-order valence-electron chi connectivity index (χ3n) is 5.97. The summed E-state index contributed by atoms with van der Waals surface area (Å²) in [5, 5.41) is 22.7. The Bertz CT molecular complexity index is 893. The van der Waals surface area contributed by atoms with E-state index >= 15 is 0 Å². The summed E-state index contributed by atoms with van der Waals surface area (Å²) in [5.41, 5.74) is 2.00. The number of carboxylic acids is 1. The molecule has 1 saturated carbocycles. The Morgan fingerprint density at radius 2 is 2.07 bits per heavy atom. The van der Waals surface area contributed by atoms with Gasteiger partial charge in [-0.25, -0.2) is 9.78 Å². The molecular weight excluding hydrogens is 414 g/mol. The largest absolute Gasteiger partial charge is 0.493 e. The van der Waals surface area contributed by atoms with Crippen LogP contribution in [0.1, 0.15) is 52.0 Å². The van der Waals surface area contributed by atoms with Gasteiger partial charge in [-0.15, -0.1) is 11.3 Å². The van der Waals surface area contributed by atoms with Crippen LogP contribution in [-0.4, -0.2) is 40.0 Å². The monoisotopic (exact) mass is 437 g/mol. The molecule has 6 nitrogen and oxygen atoms in total. The molecule has 2 N–H and O–H groups in total. The van der Waals surface area contributed by atoms with E-state index in [9.17, 15) is 9.90 Å². The number of hydrogen-bond donors (Lipinski definition) is 2. The molecule has 1 aromatic carbocycles. The van der Waals surface area contributed by atoms with Gasteiger partial charge < -0.3 is 19.7 Å². The highest BCUT2D eigenvalue weighted by Gasteiger charge is 2.47. The van der Waals surface area contributed by atoms with Crippen LogP contribution in [0, 0.1) is 25.7 Å². The lowest BCUT2D eigenvalue weighted by atomic mass is 9.87. The van der Waals surface area contributed by atoms with E-state index in [1.165, 1.54) is 11.3 Å². The van der Waals surface area contributed by atoms with Gasteiger partial charge in [-0.3, -0.25) is 0 Å². The smallest absolute Gasteiger partial charge is 0.355 e. The SMILES string of the molecule is Cc1cc(OC[C@@H]2[C@H]3CC[C@H](c4nc(C(=O)O)cs4)O[C@H]3C[C@H]2O)cc(C)c1Cl. The molecular formula is C21H24ClNO5S. The lowest BCUT2D eigenvalue weighted by Crippen LogP contribution is -2.33. The first-order valence-corrected chi connectivity index (χ1v) is 11.0. The Morgan fingerprint density at radius 3 is 2.72 bits per heavy atom. The number of halogens is 1. The maximum atomic E-state index is 11.1. The van der Waals surface area contributed by atoms with Gasteiger partial charge in [-0.05, 0) is 55.9 Å². The number of aliphatic hydroxyl groups is 1. The van der Waals surface area contributed by atoms with Gasteiger partial charge >= 0.3 is 5.97 Å². The van der Waals surface area contributed by atoms with E-state index in [0.29, 0.717) is 18.0 Å². The van der Waals surface area contributed by atoms with Crippen molar-refractivity contribution in [2.24, 2.45) is 11.8 Å². The van der Waals surface area contributed by atoms with Gasteiger partial charge in [0, 0.05) is 22.7 Å². The van der Waals surface area contributed by atoms with Crippen molar-refractivity contribution in [2.45, 2.75) is 51.4 Å². The minimum absolute atomic E-state index is 0.00288. The van der Waals surface area contributed by atoms with Crippen LogP contribution in [0.4, 0.5) is 0 Å². The van der Waals surface area contributed by atoms with Crippen molar-refractivity contribution in [3.8, 4) is 5.75 Å². The zero-order chi connectivity index (χ0) is 20.7. The first-order chi connectivity index (χ1) is 13.8. The second-order valence-corrected chi connectivity index (χ2v) is 9.20. The number of ether oxygens (including phenoxy) is 2. The number of fused-ring (bicyclic) bond motifs is 1. The van der Waals surface area contributed by atoms with E-state index in [1.807, 2.05) is 26.0 Å². The Kier molecular flexibility index (Phi) is 5.84. The molecule has 0 radical (unpaired) electrons. The highest BCUT2D eigenvalue weighted by Crippen LogP contribution is 2.46. The number of rotatable bonds is 5. The highest BCUT2D eigenvalue weighted by atomic mass is 35.5. The van der Waals surface area contributed by atoms with E-state index in [0.717, 1.165) is 34.7 Å². The summed E-state index contributed by atoms with van der Waals surface area (Å²) in [6, 6.07) is 3.84. The van der Waals surface area contributed by atoms with Crippen molar-refractivity contribution in [1.82, 2.24) is 4.98 Å². The van der Waals surface area contributed by atoms with Crippen molar-refractivity contribution in [2.75, 3.05) is 6.61 Å². The minimum atomic E-state index is -1.03. The van der Waals surface area contributed by atoms with E-state index in [-0.39, 0.29) is 29.7 Å².